The summed E-state index contributed by atoms with van der Waals surface area (Å²) in [6.45, 7) is 6.63. The van der Waals surface area contributed by atoms with Crippen LogP contribution in [-0.2, 0) is 28.6 Å². The lowest BCUT2D eigenvalue weighted by atomic mass is 10.1. The van der Waals surface area contributed by atoms with Crippen LogP contribution >= 0.6 is 0 Å². The van der Waals surface area contributed by atoms with Crippen molar-refractivity contribution in [2.24, 2.45) is 0 Å². The fraction of sp³-hybridized carbons (Fsp3) is 0.875. The molecule has 0 amide bonds. The molecule has 1 unspecified atom stereocenters. The molecule has 1 atom stereocenters. The topological polar surface area (TPSA) is 78.9 Å². The SMILES string of the molecule is CCCCC/C=C\CCCCCCCC(=O)OC(COC(=O)CCCCCCCCCCC/C=C\CCCCCCCCCC)COC(=O)CCCCCCCCCCCCC. The van der Waals surface area contributed by atoms with Crippen LogP contribution in [0.15, 0.2) is 24.3 Å². The molecule has 0 aliphatic rings. The van der Waals surface area contributed by atoms with Gasteiger partial charge in [0.2, 0.25) is 0 Å². The Hall–Kier alpha value is -2.11. The first kappa shape index (κ1) is 59.9. The molecule has 0 bridgehead atoms. The summed E-state index contributed by atoms with van der Waals surface area (Å²) in [6, 6.07) is 0. The number of carbonyl (C=O) groups is 3. The Kier molecular flexibility index (Phi) is 49.8. The molecule has 0 radical (unpaired) electrons. The first-order valence-electron chi connectivity index (χ1n) is 27.3. The maximum atomic E-state index is 12.8. The molecule has 0 aliphatic heterocycles. The molecule has 0 aliphatic carbocycles. The zero-order valence-corrected chi connectivity index (χ0v) is 41.7. The maximum absolute atomic E-state index is 12.8. The third-order valence-corrected chi connectivity index (χ3v) is 12.2. The van der Waals surface area contributed by atoms with Gasteiger partial charge in [-0.15, -0.1) is 0 Å². The molecule has 0 aromatic carbocycles. The number of unbranched alkanes of at least 4 members (excludes halogenated alkanes) is 35. The number of hydrogen-bond acceptors (Lipinski definition) is 6. The van der Waals surface area contributed by atoms with E-state index >= 15 is 0 Å². The summed E-state index contributed by atoms with van der Waals surface area (Å²) in [4.78, 5) is 37.9. The van der Waals surface area contributed by atoms with Crippen LogP contribution in [0.1, 0.15) is 297 Å². The Morgan fingerprint density at radius 3 is 0.839 bits per heavy atom. The van der Waals surface area contributed by atoms with Gasteiger partial charge in [0.1, 0.15) is 13.2 Å². The van der Waals surface area contributed by atoms with Gasteiger partial charge in [-0.2, -0.15) is 0 Å². The second-order valence-electron chi connectivity index (χ2n) is 18.5. The highest BCUT2D eigenvalue weighted by Crippen LogP contribution is 2.16. The fourth-order valence-electron chi connectivity index (χ4n) is 8.02. The third kappa shape index (κ3) is 48.9. The van der Waals surface area contributed by atoms with Gasteiger partial charge < -0.3 is 14.2 Å². The summed E-state index contributed by atoms with van der Waals surface area (Å²) < 4.78 is 16.8. The highest BCUT2D eigenvalue weighted by Gasteiger charge is 2.19. The van der Waals surface area contributed by atoms with E-state index in [9.17, 15) is 14.4 Å². The van der Waals surface area contributed by atoms with E-state index in [2.05, 4.69) is 45.1 Å². The third-order valence-electron chi connectivity index (χ3n) is 12.2. The van der Waals surface area contributed by atoms with E-state index < -0.39 is 6.10 Å². The summed E-state index contributed by atoms with van der Waals surface area (Å²) in [5.74, 6) is -0.870. The second-order valence-corrected chi connectivity index (χ2v) is 18.5. The lowest BCUT2D eigenvalue weighted by Gasteiger charge is -2.18. The van der Waals surface area contributed by atoms with Gasteiger partial charge in [0, 0.05) is 19.3 Å². The Balaban J connectivity index is 4.24. The molecule has 0 saturated carbocycles. The predicted octanol–water partition coefficient (Wildman–Crippen LogP) is 17.9. The molecular weight excluding hydrogens is 769 g/mol. The van der Waals surface area contributed by atoms with Crippen molar-refractivity contribution in [3.63, 3.8) is 0 Å². The van der Waals surface area contributed by atoms with Crippen LogP contribution in [-0.4, -0.2) is 37.2 Å². The van der Waals surface area contributed by atoms with Gasteiger partial charge in [0.15, 0.2) is 6.10 Å². The number of rotatable bonds is 50. The van der Waals surface area contributed by atoms with E-state index in [1.165, 1.54) is 193 Å². The first-order chi connectivity index (χ1) is 30.5. The minimum atomic E-state index is -0.771. The molecule has 62 heavy (non-hydrogen) atoms. The van der Waals surface area contributed by atoms with Gasteiger partial charge in [-0.25, -0.2) is 0 Å². The van der Waals surface area contributed by atoms with E-state index in [0.29, 0.717) is 19.3 Å². The molecular formula is C56H104O6. The van der Waals surface area contributed by atoms with Crippen LogP contribution in [0.25, 0.3) is 0 Å². The van der Waals surface area contributed by atoms with Gasteiger partial charge >= 0.3 is 17.9 Å². The molecule has 0 aromatic heterocycles. The molecule has 0 fully saturated rings. The Bertz CT molecular complexity index is 1000. The second kappa shape index (κ2) is 51.5. The van der Waals surface area contributed by atoms with E-state index in [0.717, 1.165) is 64.2 Å². The van der Waals surface area contributed by atoms with Crippen LogP contribution in [0.3, 0.4) is 0 Å². The number of hydrogen-bond donors (Lipinski definition) is 0. The zero-order valence-electron chi connectivity index (χ0n) is 41.7. The van der Waals surface area contributed by atoms with Crippen molar-refractivity contribution in [1.29, 1.82) is 0 Å². The zero-order chi connectivity index (χ0) is 45.1. The Morgan fingerprint density at radius 2 is 0.532 bits per heavy atom. The molecule has 0 heterocycles. The van der Waals surface area contributed by atoms with Crippen LogP contribution in [0, 0.1) is 0 Å². The van der Waals surface area contributed by atoms with E-state index in [4.69, 9.17) is 14.2 Å². The average Bonchev–Trinajstić information content (AvgIpc) is 3.27. The van der Waals surface area contributed by atoms with E-state index in [1.54, 1.807) is 0 Å². The van der Waals surface area contributed by atoms with Crippen molar-refractivity contribution >= 4 is 17.9 Å². The molecule has 6 heteroatoms. The van der Waals surface area contributed by atoms with Crippen LogP contribution in [0.4, 0.5) is 0 Å². The van der Waals surface area contributed by atoms with Crippen molar-refractivity contribution in [3.8, 4) is 0 Å². The number of allylic oxidation sites excluding steroid dienone is 4. The van der Waals surface area contributed by atoms with Crippen LogP contribution < -0.4 is 0 Å². The molecule has 0 saturated heterocycles. The predicted molar refractivity (Wildman–Crippen MR) is 266 cm³/mol. The monoisotopic (exact) mass is 873 g/mol. The molecule has 0 spiro atoms. The summed E-state index contributed by atoms with van der Waals surface area (Å²) in [5.41, 5.74) is 0. The van der Waals surface area contributed by atoms with Crippen molar-refractivity contribution < 1.29 is 28.6 Å². The Labute approximate surface area is 385 Å². The van der Waals surface area contributed by atoms with Gasteiger partial charge in [-0.05, 0) is 70.6 Å². The molecule has 0 N–H and O–H groups in total. The summed E-state index contributed by atoms with van der Waals surface area (Å²) >= 11 is 0. The lowest BCUT2D eigenvalue weighted by Crippen LogP contribution is -2.30. The minimum Gasteiger partial charge on any atom is -0.462 e. The smallest absolute Gasteiger partial charge is 0.306 e. The minimum absolute atomic E-state index is 0.0715. The van der Waals surface area contributed by atoms with Crippen molar-refractivity contribution in [3.05, 3.63) is 24.3 Å². The summed E-state index contributed by atoms with van der Waals surface area (Å²) in [7, 11) is 0. The maximum Gasteiger partial charge on any atom is 0.306 e. The number of ether oxygens (including phenoxy) is 3. The van der Waals surface area contributed by atoms with Crippen LogP contribution in [0.5, 0.6) is 0 Å². The molecule has 6 nitrogen and oxygen atoms in total. The normalized spacial score (nSPS) is 12.1. The van der Waals surface area contributed by atoms with E-state index in [-0.39, 0.29) is 31.1 Å². The van der Waals surface area contributed by atoms with Gasteiger partial charge in [0.25, 0.3) is 0 Å². The number of esters is 3. The van der Waals surface area contributed by atoms with Gasteiger partial charge in [-0.3, -0.25) is 14.4 Å². The largest absolute Gasteiger partial charge is 0.462 e. The quantitative estimate of drug-likeness (QED) is 0.0262. The van der Waals surface area contributed by atoms with Crippen LogP contribution in [0.2, 0.25) is 0 Å². The molecule has 0 aromatic rings. The highest BCUT2D eigenvalue weighted by molar-refractivity contribution is 5.71. The van der Waals surface area contributed by atoms with Gasteiger partial charge in [0.05, 0.1) is 0 Å². The standard InChI is InChI=1S/C56H104O6/c1-4-7-10-13-16-19-22-24-25-26-27-28-29-30-31-32-35-37-40-43-46-49-55(58)61-52-53(51-60-54(57)48-45-42-39-36-33-21-18-15-12-9-6-3)62-56(59)50-47-44-41-38-34-23-20-17-14-11-8-5-2/h17,20,26-27,53H,4-16,18-19,21-25,28-52H2,1-3H3/b20-17-,27-26-. The van der Waals surface area contributed by atoms with E-state index in [1.807, 2.05) is 0 Å². The van der Waals surface area contributed by atoms with Crippen molar-refractivity contribution in [2.45, 2.75) is 303 Å². The molecule has 0 rings (SSSR count). The average molecular weight is 873 g/mol. The number of carbonyl (C=O) groups excluding carboxylic acids is 3. The lowest BCUT2D eigenvalue weighted by molar-refractivity contribution is -0.167. The first-order valence-corrected chi connectivity index (χ1v) is 27.3. The van der Waals surface area contributed by atoms with Crippen molar-refractivity contribution in [2.75, 3.05) is 13.2 Å². The molecule has 364 valence electrons. The Morgan fingerprint density at radius 1 is 0.306 bits per heavy atom. The fourth-order valence-corrected chi connectivity index (χ4v) is 8.02. The summed E-state index contributed by atoms with van der Waals surface area (Å²) in [5, 5.41) is 0. The van der Waals surface area contributed by atoms with Crippen molar-refractivity contribution in [1.82, 2.24) is 0 Å². The summed E-state index contributed by atoms with van der Waals surface area (Å²) in [6.07, 6.45) is 58.8. The highest BCUT2D eigenvalue weighted by atomic mass is 16.6. The van der Waals surface area contributed by atoms with Gasteiger partial charge in [-0.1, -0.05) is 231 Å².